The van der Waals surface area contributed by atoms with E-state index in [9.17, 15) is 4.79 Å². The fourth-order valence-electron chi connectivity index (χ4n) is 1.84. The van der Waals surface area contributed by atoms with E-state index in [1.807, 2.05) is 37.3 Å². The summed E-state index contributed by atoms with van der Waals surface area (Å²) in [6.07, 6.45) is 2.34. The Morgan fingerprint density at radius 3 is 2.45 bits per heavy atom. The van der Waals surface area contributed by atoms with E-state index in [-0.39, 0.29) is 12.5 Å². The van der Waals surface area contributed by atoms with Gasteiger partial charge in [-0.2, -0.15) is 0 Å². The highest BCUT2D eigenvalue weighted by Crippen LogP contribution is 2.05. The van der Waals surface area contributed by atoms with Crippen LogP contribution in [0.15, 0.2) is 42.6 Å². The summed E-state index contributed by atoms with van der Waals surface area (Å²) in [6, 6.07) is 11.3. The molecule has 0 aliphatic heterocycles. The van der Waals surface area contributed by atoms with Crippen LogP contribution in [-0.4, -0.2) is 22.5 Å². The van der Waals surface area contributed by atoms with Crippen LogP contribution < -0.4 is 5.32 Å². The minimum atomic E-state index is -0.107. The summed E-state index contributed by atoms with van der Waals surface area (Å²) in [6.45, 7) is 2.51. The van der Waals surface area contributed by atoms with E-state index in [0.717, 1.165) is 23.2 Å². The Morgan fingerprint density at radius 1 is 1.15 bits per heavy atom. The van der Waals surface area contributed by atoms with E-state index in [1.165, 1.54) is 0 Å². The van der Waals surface area contributed by atoms with E-state index in [4.69, 9.17) is 5.11 Å². The van der Waals surface area contributed by atoms with E-state index in [2.05, 4.69) is 10.3 Å². The lowest BCUT2D eigenvalue weighted by Gasteiger charge is -2.06. The molecule has 20 heavy (non-hydrogen) atoms. The van der Waals surface area contributed by atoms with Gasteiger partial charge in [-0.3, -0.25) is 9.78 Å². The van der Waals surface area contributed by atoms with Crippen molar-refractivity contribution in [3.05, 3.63) is 65.0 Å². The highest BCUT2D eigenvalue weighted by Gasteiger charge is 2.04. The summed E-state index contributed by atoms with van der Waals surface area (Å²) in [7, 11) is 0. The molecule has 0 aliphatic rings. The normalized spacial score (nSPS) is 10.3. The van der Waals surface area contributed by atoms with Crippen LogP contribution in [0.1, 0.15) is 27.2 Å². The first kappa shape index (κ1) is 14.2. The molecule has 0 aliphatic carbocycles. The quantitative estimate of drug-likeness (QED) is 0.871. The topological polar surface area (TPSA) is 62.2 Å². The van der Waals surface area contributed by atoms with Gasteiger partial charge in [-0.15, -0.1) is 0 Å². The lowest BCUT2D eigenvalue weighted by Crippen LogP contribution is -2.25. The third-order valence-corrected chi connectivity index (χ3v) is 3.08. The van der Waals surface area contributed by atoms with Gasteiger partial charge in [0, 0.05) is 18.4 Å². The molecule has 4 nitrogen and oxygen atoms in total. The SMILES string of the molecule is Cc1ccc(C(=O)NCCc2ccc(CO)cc2)cn1. The molecule has 0 atom stereocenters. The van der Waals surface area contributed by atoms with Crippen LogP contribution in [0.5, 0.6) is 0 Å². The number of carbonyl (C=O) groups is 1. The number of nitrogens with zero attached hydrogens (tertiary/aromatic N) is 1. The first-order chi connectivity index (χ1) is 9.69. The molecule has 1 amide bonds. The molecule has 0 spiro atoms. The van der Waals surface area contributed by atoms with Gasteiger partial charge >= 0.3 is 0 Å². The second kappa shape index (κ2) is 6.82. The summed E-state index contributed by atoms with van der Waals surface area (Å²) >= 11 is 0. The molecule has 1 aromatic carbocycles. The van der Waals surface area contributed by atoms with Crippen molar-refractivity contribution in [2.75, 3.05) is 6.54 Å². The number of hydrogen-bond acceptors (Lipinski definition) is 3. The lowest BCUT2D eigenvalue weighted by atomic mass is 10.1. The van der Waals surface area contributed by atoms with Gasteiger partial charge in [-0.05, 0) is 36.6 Å². The molecule has 2 rings (SSSR count). The zero-order valence-electron chi connectivity index (χ0n) is 11.5. The first-order valence-electron chi connectivity index (χ1n) is 6.58. The average Bonchev–Trinajstić information content (AvgIpc) is 2.48. The molecule has 0 saturated carbocycles. The van der Waals surface area contributed by atoms with Gasteiger partial charge in [0.05, 0.1) is 12.2 Å². The van der Waals surface area contributed by atoms with Crippen molar-refractivity contribution in [3.8, 4) is 0 Å². The minimum absolute atomic E-state index is 0.0530. The molecule has 2 N–H and O–H groups in total. The Bertz CT molecular complexity index is 562. The van der Waals surface area contributed by atoms with Gasteiger partial charge in [-0.1, -0.05) is 24.3 Å². The summed E-state index contributed by atoms with van der Waals surface area (Å²) in [5.74, 6) is -0.107. The van der Waals surface area contributed by atoms with E-state index in [0.29, 0.717) is 12.1 Å². The zero-order valence-corrected chi connectivity index (χ0v) is 11.5. The third-order valence-electron chi connectivity index (χ3n) is 3.08. The standard InChI is InChI=1S/C16H18N2O2/c1-12-2-7-15(10-18-12)16(20)17-9-8-13-3-5-14(11-19)6-4-13/h2-7,10,19H,8-9,11H2,1H3,(H,17,20). The Morgan fingerprint density at radius 2 is 1.85 bits per heavy atom. The number of hydrogen-bond donors (Lipinski definition) is 2. The number of carbonyl (C=O) groups excluding carboxylic acids is 1. The number of aryl methyl sites for hydroxylation is 1. The predicted octanol–water partition coefficient (Wildman–Crippen LogP) is 1.85. The van der Waals surface area contributed by atoms with Gasteiger partial charge in [0.15, 0.2) is 0 Å². The summed E-state index contributed by atoms with van der Waals surface area (Å²) in [5.41, 5.74) is 3.49. The highest BCUT2D eigenvalue weighted by molar-refractivity contribution is 5.93. The fourth-order valence-corrected chi connectivity index (χ4v) is 1.84. The number of rotatable bonds is 5. The van der Waals surface area contributed by atoms with Crippen molar-refractivity contribution >= 4 is 5.91 Å². The summed E-state index contributed by atoms with van der Waals surface area (Å²) in [5, 5.41) is 11.8. The van der Waals surface area contributed by atoms with E-state index >= 15 is 0 Å². The molecular weight excluding hydrogens is 252 g/mol. The molecule has 0 radical (unpaired) electrons. The van der Waals surface area contributed by atoms with Gasteiger partial charge in [0.1, 0.15) is 0 Å². The molecule has 0 fully saturated rings. The van der Waals surface area contributed by atoms with Gasteiger partial charge in [-0.25, -0.2) is 0 Å². The van der Waals surface area contributed by atoms with Crippen LogP contribution in [0, 0.1) is 6.92 Å². The van der Waals surface area contributed by atoms with E-state index in [1.54, 1.807) is 12.3 Å². The van der Waals surface area contributed by atoms with Crippen molar-refractivity contribution in [1.82, 2.24) is 10.3 Å². The Labute approximate surface area is 118 Å². The number of aliphatic hydroxyl groups excluding tert-OH is 1. The number of amides is 1. The molecule has 2 aromatic rings. The fraction of sp³-hybridized carbons (Fsp3) is 0.250. The number of aliphatic hydroxyl groups is 1. The molecule has 0 bridgehead atoms. The maximum atomic E-state index is 11.9. The number of nitrogens with one attached hydrogen (secondary N) is 1. The van der Waals surface area contributed by atoms with Crippen LogP contribution >= 0.6 is 0 Å². The highest BCUT2D eigenvalue weighted by atomic mass is 16.3. The maximum Gasteiger partial charge on any atom is 0.252 e. The zero-order chi connectivity index (χ0) is 14.4. The summed E-state index contributed by atoms with van der Waals surface area (Å²) < 4.78 is 0. The number of aromatic nitrogens is 1. The molecule has 1 aromatic heterocycles. The van der Waals surface area contributed by atoms with Crippen molar-refractivity contribution in [2.45, 2.75) is 20.0 Å². The van der Waals surface area contributed by atoms with Crippen LogP contribution in [0.2, 0.25) is 0 Å². The molecular formula is C16H18N2O2. The molecule has 4 heteroatoms. The number of pyridine rings is 1. The van der Waals surface area contributed by atoms with Gasteiger partial charge < -0.3 is 10.4 Å². The summed E-state index contributed by atoms with van der Waals surface area (Å²) in [4.78, 5) is 16.0. The van der Waals surface area contributed by atoms with Crippen LogP contribution in [0.4, 0.5) is 0 Å². The van der Waals surface area contributed by atoms with Gasteiger partial charge in [0.2, 0.25) is 0 Å². The lowest BCUT2D eigenvalue weighted by molar-refractivity contribution is 0.0954. The third kappa shape index (κ3) is 3.90. The number of benzene rings is 1. The van der Waals surface area contributed by atoms with Crippen LogP contribution in [0.3, 0.4) is 0 Å². The first-order valence-corrected chi connectivity index (χ1v) is 6.58. The van der Waals surface area contributed by atoms with Crippen molar-refractivity contribution in [2.24, 2.45) is 0 Å². The minimum Gasteiger partial charge on any atom is -0.392 e. The molecule has 1 heterocycles. The monoisotopic (exact) mass is 270 g/mol. The largest absolute Gasteiger partial charge is 0.392 e. The average molecular weight is 270 g/mol. The van der Waals surface area contributed by atoms with E-state index < -0.39 is 0 Å². The molecule has 0 unspecified atom stereocenters. The van der Waals surface area contributed by atoms with Crippen LogP contribution in [0.25, 0.3) is 0 Å². The van der Waals surface area contributed by atoms with Crippen molar-refractivity contribution in [3.63, 3.8) is 0 Å². The Kier molecular flexibility index (Phi) is 4.85. The van der Waals surface area contributed by atoms with Crippen LogP contribution in [-0.2, 0) is 13.0 Å². The second-order valence-corrected chi connectivity index (χ2v) is 4.67. The van der Waals surface area contributed by atoms with Crippen molar-refractivity contribution in [1.29, 1.82) is 0 Å². The smallest absolute Gasteiger partial charge is 0.252 e. The maximum absolute atomic E-state index is 11.9. The molecule has 104 valence electrons. The Balaban J connectivity index is 1.82. The predicted molar refractivity (Wildman–Crippen MR) is 77.4 cm³/mol. The molecule has 0 saturated heterocycles. The van der Waals surface area contributed by atoms with Gasteiger partial charge in [0.25, 0.3) is 5.91 Å². The Hall–Kier alpha value is -2.20. The second-order valence-electron chi connectivity index (χ2n) is 4.67. The van der Waals surface area contributed by atoms with Crippen molar-refractivity contribution < 1.29 is 9.90 Å².